The van der Waals surface area contributed by atoms with Gasteiger partial charge in [0, 0.05) is 6.04 Å². The van der Waals surface area contributed by atoms with E-state index in [9.17, 15) is 9.59 Å². The van der Waals surface area contributed by atoms with Crippen LogP contribution in [0.3, 0.4) is 0 Å². The molecule has 94 valence electrons. The summed E-state index contributed by atoms with van der Waals surface area (Å²) in [6, 6.07) is 1.14. The maximum Gasteiger partial charge on any atom is 0.264 e. The molecular formula is C11H17N3O2S. The van der Waals surface area contributed by atoms with Gasteiger partial charge in [0.25, 0.3) is 5.91 Å². The first-order valence-electron chi connectivity index (χ1n) is 5.36. The van der Waals surface area contributed by atoms with Crippen molar-refractivity contribution in [1.29, 1.82) is 0 Å². The van der Waals surface area contributed by atoms with Crippen LogP contribution in [0.4, 0.5) is 5.69 Å². The highest BCUT2D eigenvalue weighted by Crippen LogP contribution is 2.18. The summed E-state index contributed by atoms with van der Waals surface area (Å²) in [6.07, 6.45) is 0. The molecule has 1 aromatic heterocycles. The minimum atomic E-state index is -0.577. The van der Waals surface area contributed by atoms with Gasteiger partial charge in [-0.1, -0.05) is 0 Å². The van der Waals surface area contributed by atoms with Crippen LogP contribution >= 0.6 is 11.3 Å². The van der Waals surface area contributed by atoms with Gasteiger partial charge in [-0.15, -0.1) is 11.3 Å². The van der Waals surface area contributed by atoms with Crippen LogP contribution < -0.4 is 16.4 Å². The van der Waals surface area contributed by atoms with Crippen molar-refractivity contribution in [1.82, 2.24) is 10.6 Å². The predicted octanol–water partition coefficient (Wildman–Crippen LogP) is 0.973. The Hall–Kier alpha value is -1.56. The van der Waals surface area contributed by atoms with Crippen molar-refractivity contribution in [3.05, 3.63) is 16.3 Å². The topological polar surface area (TPSA) is 84.2 Å². The summed E-state index contributed by atoms with van der Waals surface area (Å²) in [5.74, 6) is -0.521. The van der Waals surface area contributed by atoms with Crippen LogP contribution in [0.1, 0.15) is 30.4 Å². The number of rotatable bonds is 4. The largest absolute Gasteiger partial charge is 0.397 e. The summed E-state index contributed by atoms with van der Waals surface area (Å²) in [5, 5.41) is 7.07. The first kappa shape index (κ1) is 13.5. The Morgan fingerprint density at radius 1 is 1.29 bits per heavy atom. The van der Waals surface area contributed by atoms with Gasteiger partial charge in [-0.05, 0) is 32.2 Å². The minimum Gasteiger partial charge on any atom is -0.397 e. The van der Waals surface area contributed by atoms with Crippen molar-refractivity contribution in [2.75, 3.05) is 5.73 Å². The Morgan fingerprint density at radius 2 is 1.94 bits per heavy atom. The molecule has 0 aliphatic heterocycles. The Balaban J connectivity index is 2.57. The fraction of sp³-hybridized carbons (Fsp3) is 0.455. The fourth-order valence-electron chi connectivity index (χ4n) is 1.24. The molecule has 0 radical (unpaired) electrons. The van der Waals surface area contributed by atoms with Crippen molar-refractivity contribution < 1.29 is 9.59 Å². The number of nitrogens with one attached hydrogen (secondary N) is 2. The number of thiophene rings is 1. The summed E-state index contributed by atoms with van der Waals surface area (Å²) >= 11 is 1.26. The summed E-state index contributed by atoms with van der Waals surface area (Å²) < 4.78 is 0. The van der Waals surface area contributed by atoms with Gasteiger partial charge in [0.2, 0.25) is 5.91 Å². The summed E-state index contributed by atoms with van der Waals surface area (Å²) in [7, 11) is 0. The van der Waals surface area contributed by atoms with Gasteiger partial charge >= 0.3 is 0 Å². The van der Waals surface area contributed by atoms with E-state index >= 15 is 0 Å². The number of hydrogen-bond donors (Lipinski definition) is 3. The molecule has 4 N–H and O–H groups in total. The molecule has 0 spiro atoms. The first-order chi connectivity index (χ1) is 7.91. The number of nitrogens with two attached hydrogens (primary N) is 1. The third kappa shape index (κ3) is 3.74. The predicted molar refractivity (Wildman–Crippen MR) is 68.9 cm³/mol. The lowest BCUT2D eigenvalue weighted by molar-refractivity contribution is -0.123. The Bertz CT molecular complexity index is 415. The average molecular weight is 255 g/mol. The molecular weight excluding hydrogens is 238 g/mol. The van der Waals surface area contributed by atoms with Crippen molar-refractivity contribution >= 4 is 28.8 Å². The fourth-order valence-corrected chi connectivity index (χ4v) is 1.96. The van der Waals surface area contributed by atoms with E-state index < -0.39 is 6.04 Å². The van der Waals surface area contributed by atoms with E-state index in [0.717, 1.165) is 0 Å². The monoisotopic (exact) mass is 255 g/mol. The zero-order chi connectivity index (χ0) is 13.0. The SMILES string of the molecule is CC(C)NC(=O)C(C)NC(=O)c1sccc1N. The van der Waals surface area contributed by atoms with Crippen molar-refractivity contribution in [3.63, 3.8) is 0 Å². The standard InChI is InChI=1S/C11H17N3O2S/c1-6(2)13-10(15)7(3)14-11(16)9-8(12)4-5-17-9/h4-7H,12H2,1-3H3,(H,13,15)(H,14,16). The summed E-state index contributed by atoms with van der Waals surface area (Å²) in [4.78, 5) is 23.8. The second-order valence-corrected chi connectivity index (χ2v) is 4.98. The molecule has 2 amide bonds. The number of nitrogen functional groups attached to an aromatic ring is 1. The van der Waals surface area contributed by atoms with Gasteiger partial charge in [0.15, 0.2) is 0 Å². The maximum atomic E-state index is 11.8. The molecule has 1 unspecified atom stereocenters. The van der Waals surface area contributed by atoms with Crippen molar-refractivity contribution in [2.24, 2.45) is 0 Å². The summed E-state index contributed by atoms with van der Waals surface area (Å²) in [5.41, 5.74) is 6.06. The van der Waals surface area contributed by atoms with E-state index in [0.29, 0.717) is 10.6 Å². The molecule has 1 atom stereocenters. The molecule has 5 nitrogen and oxygen atoms in total. The van der Waals surface area contributed by atoms with Crippen molar-refractivity contribution in [2.45, 2.75) is 32.9 Å². The molecule has 0 aliphatic rings. The third-order valence-corrected chi connectivity index (χ3v) is 3.00. The maximum absolute atomic E-state index is 11.8. The van der Waals surface area contributed by atoms with Gasteiger partial charge in [-0.25, -0.2) is 0 Å². The lowest BCUT2D eigenvalue weighted by atomic mass is 10.2. The van der Waals surface area contributed by atoms with Crippen LogP contribution in [0.15, 0.2) is 11.4 Å². The number of carbonyl (C=O) groups is 2. The van der Waals surface area contributed by atoms with E-state index in [1.165, 1.54) is 11.3 Å². The Morgan fingerprint density at radius 3 is 2.41 bits per heavy atom. The first-order valence-corrected chi connectivity index (χ1v) is 6.24. The molecule has 0 saturated heterocycles. The van der Waals surface area contributed by atoms with Gasteiger partial charge in [0.05, 0.1) is 5.69 Å². The lowest BCUT2D eigenvalue weighted by Crippen LogP contribution is -2.46. The molecule has 17 heavy (non-hydrogen) atoms. The molecule has 0 bridgehead atoms. The second kappa shape index (κ2) is 5.67. The summed E-state index contributed by atoms with van der Waals surface area (Å²) in [6.45, 7) is 5.37. The van der Waals surface area contributed by atoms with E-state index in [4.69, 9.17) is 5.73 Å². The van der Waals surface area contributed by atoms with Crippen LogP contribution in [0, 0.1) is 0 Å². The van der Waals surface area contributed by atoms with Crippen LogP contribution in [-0.4, -0.2) is 23.9 Å². The van der Waals surface area contributed by atoms with Gasteiger partial charge < -0.3 is 16.4 Å². The van der Waals surface area contributed by atoms with E-state index in [1.807, 2.05) is 13.8 Å². The second-order valence-electron chi connectivity index (χ2n) is 4.06. The van der Waals surface area contributed by atoms with Gasteiger partial charge in [-0.3, -0.25) is 9.59 Å². The van der Waals surface area contributed by atoms with Gasteiger partial charge in [0.1, 0.15) is 10.9 Å². The zero-order valence-electron chi connectivity index (χ0n) is 10.1. The highest BCUT2D eigenvalue weighted by Gasteiger charge is 2.18. The van der Waals surface area contributed by atoms with E-state index in [2.05, 4.69) is 10.6 Å². The average Bonchev–Trinajstić information content (AvgIpc) is 2.63. The number of anilines is 1. The molecule has 6 heteroatoms. The molecule has 1 aromatic rings. The molecule has 0 aliphatic carbocycles. The number of carbonyl (C=O) groups excluding carboxylic acids is 2. The smallest absolute Gasteiger partial charge is 0.264 e. The number of amides is 2. The molecule has 1 rings (SSSR count). The highest BCUT2D eigenvalue weighted by atomic mass is 32.1. The van der Waals surface area contributed by atoms with Crippen LogP contribution in [0.5, 0.6) is 0 Å². The Kier molecular flexibility index (Phi) is 4.51. The van der Waals surface area contributed by atoms with Crippen LogP contribution in [-0.2, 0) is 4.79 Å². The molecule has 0 aromatic carbocycles. The zero-order valence-corrected chi connectivity index (χ0v) is 10.9. The quantitative estimate of drug-likeness (QED) is 0.749. The van der Waals surface area contributed by atoms with Crippen LogP contribution in [0.25, 0.3) is 0 Å². The molecule has 0 fully saturated rings. The third-order valence-electron chi connectivity index (χ3n) is 2.07. The minimum absolute atomic E-state index is 0.0497. The normalized spacial score (nSPS) is 12.2. The van der Waals surface area contributed by atoms with E-state index in [1.54, 1.807) is 18.4 Å². The molecule has 0 saturated carbocycles. The highest BCUT2D eigenvalue weighted by molar-refractivity contribution is 7.12. The number of hydrogen-bond acceptors (Lipinski definition) is 4. The molecule has 1 heterocycles. The van der Waals surface area contributed by atoms with Gasteiger partial charge in [-0.2, -0.15) is 0 Å². The van der Waals surface area contributed by atoms with Crippen molar-refractivity contribution in [3.8, 4) is 0 Å². The lowest BCUT2D eigenvalue weighted by Gasteiger charge is -2.15. The van der Waals surface area contributed by atoms with Crippen LogP contribution in [0.2, 0.25) is 0 Å². The Labute approximate surface area is 104 Å². The van der Waals surface area contributed by atoms with E-state index in [-0.39, 0.29) is 17.9 Å².